The molecule has 0 saturated heterocycles. The summed E-state index contributed by atoms with van der Waals surface area (Å²) in [6, 6.07) is 3.86. The van der Waals surface area contributed by atoms with Gasteiger partial charge in [-0.05, 0) is 47.9 Å². The van der Waals surface area contributed by atoms with E-state index in [1.807, 2.05) is 42.1 Å². The van der Waals surface area contributed by atoms with E-state index < -0.39 is 0 Å². The van der Waals surface area contributed by atoms with Crippen molar-refractivity contribution in [2.75, 3.05) is 11.9 Å². The number of rotatable bonds is 5. The van der Waals surface area contributed by atoms with E-state index >= 15 is 0 Å². The molecular weight excluding hydrogens is 374 g/mol. The van der Waals surface area contributed by atoms with Crippen LogP contribution in [0.5, 0.6) is 0 Å². The lowest BCUT2D eigenvalue weighted by Gasteiger charge is -2.13. The molecule has 8 heteroatoms. The molecule has 0 atom stereocenters. The van der Waals surface area contributed by atoms with Crippen molar-refractivity contribution in [1.82, 2.24) is 10.3 Å². The number of carbonyl (C=O) groups excluding carboxylic acids is 2. The molecule has 3 heterocycles. The van der Waals surface area contributed by atoms with Crippen LogP contribution in [0.2, 0.25) is 0 Å². The molecule has 0 spiro atoms. The van der Waals surface area contributed by atoms with Gasteiger partial charge in [-0.1, -0.05) is 0 Å². The average molecular weight is 392 g/mol. The molecule has 0 aromatic carbocycles. The average Bonchev–Trinajstić information content (AvgIpc) is 3.32. The lowest BCUT2D eigenvalue weighted by molar-refractivity contribution is 0.0952. The van der Waals surface area contributed by atoms with Crippen molar-refractivity contribution in [2.24, 2.45) is 0 Å². The van der Waals surface area contributed by atoms with E-state index in [1.165, 1.54) is 34.0 Å². The maximum atomic E-state index is 12.5. The molecule has 0 saturated carbocycles. The molecular formula is C17H17N3O2S3. The highest BCUT2D eigenvalue weighted by molar-refractivity contribution is 7.14. The molecule has 3 aromatic rings. The molecule has 2 amide bonds. The van der Waals surface area contributed by atoms with Crippen LogP contribution in [-0.4, -0.2) is 23.8 Å². The Bertz CT molecular complexity index is 910. The molecule has 3 rings (SSSR count). The van der Waals surface area contributed by atoms with E-state index in [-0.39, 0.29) is 11.8 Å². The minimum absolute atomic E-state index is 0.0633. The number of hydrogen-bond donors (Lipinski definition) is 1. The molecule has 1 N–H and O–H groups in total. The van der Waals surface area contributed by atoms with Crippen molar-refractivity contribution in [1.29, 1.82) is 0 Å². The number of thiophene rings is 2. The zero-order valence-corrected chi connectivity index (χ0v) is 16.5. The highest BCUT2D eigenvalue weighted by atomic mass is 32.1. The Labute approximate surface area is 158 Å². The van der Waals surface area contributed by atoms with Gasteiger partial charge in [0.2, 0.25) is 0 Å². The fourth-order valence-corrected chi connectivity index (χ4v) is 4.75. The summed E-state index contributed by atoms with van der Waals surface area (Å²) in [7, 11) is 1.72. The van der Waals surface area contributed by atoms with Gasteiger partial charge in [-0.25, -0.2) is 4.98 Å². The lowest BCUT2D eigenvalue weighted by Crippen LogP contribution is -2.26. The van der Waals surface area contributed by atoms with Gasteiger partial charge in [0.15, 0.2) is 5.13 Å². The molecule has 0 radical (unpaired) electrons. The van der Waals surface area contributed by atoms with Crippen LogP contribution in [0.25, 0.3) is 0 Å². The van der Waals surface area contributed by atoms with Crippen LogP contribution in [0.4, 0.5) is 5.13 Å². The first-order valence-electron chi connectivity index (χ1n) is 7.56. The first-order valence-corrected chi connectivity index (χ1v) is 10.2. The van der Waals surface area contributed by atoms with Crippen molar-refractivity contribution in [3.8, 4) is 0 Å². The smallest absolute Gasteiger partial charge is 0.270 e. The number of nitrogens with one attached hydrogen (secondary N) is 1. The largest absolute Gasteiger partial charge is 0.346 e. The second-order valence-electron chi connectivity index (χ2n) is 5.53. The number of amides is 2. The van der Waals surface area contributed by atoms with E-state index in [2.05, 4.69) is 10.3 Å². The topological polar surface area (TPSA) is 62.3 Å². The van der Waals surface area contributed by atoms with Crippen molar-refractivity contribution >= 4 is 51.0 Å². The van der Waals surface area contributed by atoms with E-state index in [9.17, 15) is 9.59 Å². The van der Waals surface area contributed by atoms with Crippen molar-refractivity contribution in [2.45, 2.75) is 20.4 Å². The first-order chi connectivity index (χ1) is 12.0. The highest BCUT2D eigenvalue weighted by Gasteiger charge is 2.19. The fraction of sp³-hybridized carbons (Fsp3) is 0.235. The van der Waals surface area contributed by atoms with Crippen LogP contribution in [0.1, 0.15) is 36.2 Å². The summed E-state index contributed by atoms with van der Waals surface area (Å²) < 4.78 is 0. The van der Waals surface area contributed by atoms with Crippen molar-refractivity contribution in [3.63, 3.8) is 0 Å². The molecule has 0 aliphatic carbocycles. The Morgan fingerprint density at radius 1 is 1.08 bits per heavy atom. The van der Waals surface area contributed by atoms with Crippen LogP contribution in [0.15, 0.2) is 28.3 Å². The molecule has 0 aliphatic heterocycles. The number of anilines is 1. The maximum Gasteiger partial charge on any atom is 0.270 e. The van der Waals surface area contributed by atoms with Gasteiger partial charge in [0.05, 0.1) is 22.0 Å². The third-order valence-corrected chi connectivity index (χ3v) is 6.67. The zero-order chi connectivity index (χ0) is 18.0. The molecule has 0 unspecified atom stereocenters. The van der Waals surface area contributed by atoms with E-state index in [4.69, 9.17) is 0 Å². The maximum absolute atomic E-state index is 12.5. The third-order valence-electron chi connectivity index (χ3n) is 3.69. The number of hydrogen-bond acceptors (Lipinski definition) is 6. The predicted octanol–water partition coefficient (Wildman–Crippen LogP) is 4.09. The van der Waals surface area contributed by atoms with Crippen LogP contribution in [0.3, 0.4) is 0 Å². The van der Waals surface area contributed by atoms with E-state index in [0.717, 1.165) is 26.6 Å². The summed E-state index contributed by atoms with van der Waals surface area (Å²) in [5, 5.41) is 9.17. The van der Waals surface area contributed by atoms with Crippen molar-refractivity contribution in [3.05, 3.63) is 54.8 Å². The SMILES string of the molecule is Cc1ccsc1C(=O)NCc1csc(N(C)C(=O)c2sccc2C)n1. The van der Waals surface area contributed by atoms with E-state index in [0.29, 0.717) is 11.7 Å². The lowest BCUT2D eigenvalue weighted by atomic mass is 10.3. The minimum Gasteiger partial charge on any atom is -0.346 e. The molecule has 5 nitrogen and oxygen atoms in total. The van der Waals surface area contributed by atoms with Gasteiger partial charge < -0.3 is 5.32 Å². The van der Waals surface area contributed by atoms with Crippen molar-refractivity contribution < 1.29 is 9.59 Å². The Morgan fingerprint density at radius 2 is 1.72 bits per heavy atom. The van der Waals surface area contributed by atoms with Crippen LogP contribution in [0, 0.1) is 13.8 Å². The summed E-state index contributed by atoms with van der Waals surface area (Å²) in [5.41, 5.74) is 2.68. The van der Waals surface area contributed by atoms with Gasteiger partial charge in [0.25, 0.3) is 11.8 Å². The Kier molecular flexibility index (Phi) is 5.31. The van der Waals surface area contributed by atoms with E-state index in [1.54, 1.807) is 11.9 Å². The van der Waals surface area contributed by atoms with Crippen LogP contribution in [-0.2, 0) is 6.54 Å². The number of aryl methyl sites for hydroxylation is 2. The monoisotopic (exact) mass is 391 g/mol. The third kappa shape index (κ3) is 3.81. The summed E-state index contributed by atoms with van der Waals surface area (Å²) in [4.78, 5) is 32.1. The minimum atomic E-state index is -0.0966. The van der Waals surface area contributed by atoms with Gasteiger partial charge in [0.1, 0.15) is 0 Å². The Morgan fingerprint density at radius 3 is 2.32 bits per heavy atom. The summed E-state index contributed by atoms with van der Waals surface area (Å²) in [6.45, 7) is 4.18. The van der Waals surface area contributed by atoms with Gasteiger partial charge in [0, 0.05) is 12.4 Å². The van der Waals surface area contributed by atoms with Crippen LogP contribution >= 0.6 is 34.0 Å². The highest BCUT2D eigenvalue weighted by Crippen LogP contribution is 2.24. The second-order valence-corrected chi connectivity index (χ2v) is 8.20. The molecule has 0 aliphatic rings. The van der Waals surface area contributed by atoms with Crippen LogP contribution < -0.4 is 10.2 Å². The number of nitrogens with zero attached hydrogens (tertiary/aromatic N) is 2. The summed E-state index contributed by atoms with van der Waals surface area (Å²) in [6.07, 6.45) is 0. The second kappa shape index (κ2) is 7.47. The molecule has 0 fully saturated rings. The zero-order valence-electron chi connectivity index (χ0n) is 14.0. The summed E-state index contributed by atoms with van der Waals surface area (Å²) >= 11 is 4.25. The van der Waals surface area contributed by atoms with Gasteiger partial charge in [-0.3, -0.25) is 14.5 Å². The molecule has 25 heavy (non-hydrogen) atoms. The van der Waals surface area contributed by atoms with Gasteiger partial charge in [-0.2, -0.15) is 0 Å². The molecule has 0 bridgehead atoms. The summed E-state index contributed by atoms with van der Waals surface area (Å²) in [5.74, 6) is -0.160. The Balaban J connectivity index is 1.64. The number of thiazole rings is 1. The number of aromatic nitrogens is 1. The quantitative estimate of drug-likeness (QED) is 0.712. The standard InChI is InChI=1S/C17H17N3O2S3/c1-10-4-6-23-13(10)15(21)18-8-12-9-25-17(19-12)20(3)16(22)14-11(2)5-7-24-14/h4-7,9H,8H2,1-3H3,(H,18,21). The predicted molar refractivity (Wildman–Crippen MR) is 104 cm³/mol. The fourth-order valence-electron chi connectivity index (χ4n) is 2.22. The van der Waals surface area contributed by atoms with Gasteiger partial charge >= 0.3 is 0 Å². The normalized spacial score (nSPS) is 10.7. The van der Waals surface area contributed by atoms with Gasteiger partial charge in [-0.15, -0.1) is 34.0 Å². The first kappa shape index (κ1) is 17.8. The molecule has 130 valence electrons. The number of carbonyl (C=O) groups is 2. The Hall–Kier alpha value is -2.03. The molecule has 3 aromatic heterocycles.